The summed E-state index contributed by atoms with van der Waals surface area (Å²) in [4.78, 5) is 24.9. The van der Waals surface area contributed by atoms with E-state index in [0.717, 1.165) is 17.3 Å². The Kier molecular flexibility index (Phi) is 7.18. The molecule has 1 amide bonds. The summed E-state index contributed by atoms with van der Waals surface area (Å²) in [7, 11) is 0. The van der Waals surface area contributed by atoms with Gasteiger partial charge in [0, 0.05) is 5.69 Å². The van der Waals surface area contributed by atoms with Crippen molar-refractivity contribution in [3.05, 3.63) is 65.5 Å². The van der Waals surface area contributed by atoms with Crippen molar-refractivity contribution < 1.29 is 18.0 Å². The van der Waals surface area contributed by atoms with Gasteiger partial charge in [-0.05, 0) is 37.6 Å². The minimum Gasteiger partial charge on any atom is -0.368 e. The molecule has 0 spiro atoms. The van der Waals surface area contributed by atoms with Gasteiger partial charge in [0.05, 0.1) is 22.3 Å². The van der Waals surface area contributed by atoms with Crippen molar-refractivity contribution in [2.24, 2.45) is 0 Å². The number of anilines is 4. The smallest absolute Gasteiger partial charge is 0.368 e. The number of amides is 1. The van der Waals surface area contributed by atoms with E-state index in [2.05, 4.69) is 25.6 Å². The molecule has 1 atom stereocenters. The number of alkyl halides is 3. The van der Waals surface area contributed by atoms with Crippen LogP contribution in [0.4, 0.5) is 36.4 Å². The van der Waals surface area contributed by atoms with Crippen molar-refractivity contribution in [1.29, 1.82) is 0 Å². The number of aromatic nitrogens is 3. The van der Waals surface area contributed by atoms with Gasteiger partial charge in [0.15, 0.2) is 0 Å². The van der Waals surface area contributed by atoms with Crippen LogP contribution < -0.4 is 16.4 Å². The molecule has 0 saturated heterocycles. The minimum atomic E-state index is -4.57. The Morgan fingerprint density at radius 2 is 1.72 bits per heavy atom. The Hall–Kier alpha value is -3.34. The molecule has 7 nitrogen and oxygen atoms in total. The number of hydrogen-bond donors (Lipinski definition) is 3. The fraction of sp³-hybridized carbons (Fsp3) is 0.238. The van der Waals surface area contributed by atoms with Crippen molar-refractivity contribution >= 4 is 40.9 Å². The molecule has 168 valence electrons. The number of aryl methyl sites for hydroxylation is 1. The monoisotopic (exact) mass is 462 g/mol. The van der Waals surface area contributed by atoms with Crippen LogP contribution in [-0.2, 0) is 16.7 Å². The molecule has 0 aliphatic carbocycles. The van der Waals surface area contributed by atoms with Gasteiger partial charge in [-0.3, -0.25) is 4.79 Å². The molecule has 3 rings (SSSR count). The van der Waals surface area contributed by atoms with Crippen LogP contribution in [0.3, 0.4) is 0 Å². The Balaban J connectivity index is 1.65. The number of nitrogens with one attached hydrogen (secondary N) is 2. The zero-order chi connectivity index (χ0) is 23.3. The largest absolute Gasteiger partial charge is 0.418 e. The van der Waals surface area contributed by atoms with E-state index >= 15 is 0 Å². The molecule has 0 aliphatic heterocycles. The predicted octanol–water partition coefficient (Wildman–Crippen LogP) is 4.79. The van der Waals surface area contributed by atoms with E-state index in [1.54, 1.807) is 6.92 Å². The van der Waals surface area contributed by atoms with Crippen LogP contribution in [0.5, 0.6) is 0 Å². The first kappa shape index (κ1) is 23.3. The first-order chi connectivity index (χ1) is 15.1. The van der Waals surface area contributed by atoms with Crippen LogP contribution in [0.1, 0.15) is 23.9 Å². The molecule has 11 heteroatoms. The SMILES string of the molecule is Cc1ccccc1Nc1nc(N)nc(CS[C@@H](C)C(=O)Nc2ccccc2C(F)(F)F)n1. The third kappa shape index (κ3) is 6.10. The molecule has 2 aromatic carbocycles. The minimum absolute atomic E-state index is 0.0166. The Labute approximate surface area is 187 Å². The lowest BCUT2D eigenvalue weighted by molar-refractivity contribution is -0.137. The average Bonchev–Trinajstić information content (AvgIpc) is 2.73. The van der Waals surface area contributed by atoms with Crippen LogP contribution in [0.25, 0.3) is 0 Å². The summed E-state index contributed by atoms with van der Waals surface area (Å²) in [6.45, 7) is 3.52. The third-order valence-corrected chi connectivity index (χ3v) is 5.55. The molecule has 0 saturated carbocycles. The highest BCUT2D eigenvalue weighted by molar-refractivity contribution is 7.99. The van der Waals surface area contributed by atoms with Crippen molar-refractivity contribution in [1.82, 2.24) is 15.0 Å². The van der Waals surface area contributed by atoms with Crippen LogP contribution in [0.15, 0.2) is 48.5 Å². The number of carbonyl (C=O) groups excluding carboxylic acids is 1. The van der Waals surface area contributed by atoms with Gasteiger partial charge in [-0.2, -0.15) is 28.1 Å². The van der Waals surface area contributed by atoms with Crippen molar-refractivity contribution in [2.75, 3.05) is 16.4 Å². The molecule has 3 aromatic rings. The average molecular weight is 463 g/mol. The van der Waals surface area contributed by atoms with Crippen molar-refractivity contribution in [3.8, 4) is 0 Å². The number of nitrogen functional groups attached to an aromatic ring is 1. The number of hydrogen-bond acceptors (Lipinski definition) is 7. The summed E-state index contributed by atoms with van der Waals surface area (Å²) < 4.78 is 39.4. The number of nitrogens with zero attached hydrogens (tertiary/aromatic N) is 3. The van der Waals surface area contributed by atoms with E-state index in [0.29, 0.717) is 5.82 Å². The lowest BCUT2D eigenvalue weighted by Gasteiger charge is -2.16. The Bertz CT molecular complexity index is 1110. The second-order valence-corrected chi connectivity index (χ2v) is 8.19. The first-order valence-electron chi connectivity index (χ1n) is 9.55. The summed E-state index contributed by atoms with van der Waals surface area (Å²) in [5.41, 5.74) is 6.40. The molecule has 1 aromatic heterocycles. The number of para-hydroxylation sites is 2. The summed E-state index contributed by atoms with van der Waals surface area (Å²) in [6.07, 6.45) is -4.57. The van der Waals surface area contributed by atoms with Crippen LogP contribution in [0.2, 0.25) is 0 Å². The molecule has 4 N–H and O–H groups in total. The summed E-state index contributed by atoms with van der Waals surface area (Å²) >= 11 is 1.17. The molecule has 0 radical (unpaired) electrons. The lowest BCUT2D eigenvalue weighted by Crippen LogP contribution is -2.24. The Morgan fingerprint density at radius 3 is 2.41 bits per heavy atom. The maximum absolute atomic E-state index is 13.1. The van der Waals surface area contributed by atoms with Gasteiger partial charge in [-0.25, -0.2) is 0 Å². The summed E-state index contributed by atoms with van der Waals surface area (Å²) in [5.74, 6) is 0.271. The topological polar surface area (TPSA) is 106 Å². The normalized spacial score (nSPS) is 12.3. The summed E-state index contributed by atoms with van der Waals surface area (Å²) in [5, 5.41) is 4.76. The quantitative estimate of drug-likeness (QED) is 0.464. The molecule has 0 fully saturated rings. The van der Waals surface area contributed by atoms with Gasteiger partial charge in [0.25, 0.3) is 0 Å². The predicted molar refractivity (Wildman–Crippen MR) is 120 cm³/mol. The van der Waals surface area contributed by atoms with E-state index in [1.807, 2.05) is 31.2 Å². The number of carbonyl (C=O) groups is 1. The molecule has 0 unspecified atom stereocenters. The maximum atomic E-state index is 13.1. The molecular formula is C21H21F3N6OS. The highest BCUT2D eigenvalue weighted by atomic mass is 32.2. The van der Waals surface area contributed by atoms with Gasteiger partial charge in [-0.15, -0.1) is 11.8 Å². The zero-order valence-corrected chi connectivity index (χ0v) is 18.1. The second-order valence-electron chi connectivity index (χ2n) is 6.86. The number of benzene rings is 2. The molecule has 32 heavy (non-hydrogen) atoms. The van der Waals surface area contributed by atoms with Gasteiger partial charge in [0.2, 0.25) is 17.8 Å². The van der Waals surface area contributed by atoms with Crippen molar-refractivity contribution in [3.63, 3.8) is 0 Å². The first-order valence-corrected chi connectivity index (χ1v) is 10.6. The highest BCUT2D eigenvalue weighted by Gasteiger charge is 2.33. The standard InChI is InChI=1S/C21H21F3N6OS/c1-12-7-3-5-9-15(12)27-20-29-17(28-19(25)30-20)11-32-13(2)18(31)26-16-10-6-4-8-14(16)21(22,23)24/h3-10,13H,11H2,1-2H3,(H,26,31)(H3,25,27,28,29,30)/t13-/m0/s1. The van der Waals surface area contributed by atoms with E-state index in [9.17, 15) is 18.0 Å². The highest BCUT2D eigenvalue weighted by Crippen LogP contribution is 2.35. The number of rotatable bonds is 7. The van der Waals surface area contributed by atoms with Gasteiger partial charge in [0.1, 0.15) is 5.82 Å². The second kappa shape index (κ2) is 9.86. The van der Waals surface area contributed by atoms with Gasteiger partial charge < -0.3 is 16.4 Å². The van der Waals surface area contributed by atoms with Gasteiger partial charge >= 0.3 is 6.18 Å². The number of nitrogens with two attached hydrogens (primary N) is 1. The number of halogens is 3. The molecule has 1 heterocycles. The van der Waals surface area contributed by atoms with Crippen molar-refractivity contribution in [2.45, 2.75) is 31.0 Å². The van der Waals surface area contributed by atoms with E-state index in [-0.39, 0.29) is 23.3 Å². The fourth-order valence-corrected chi connectivity index (χ4v) is 3.48. The zero-order valence-electron chi connectivity index (χ0n) is 17.3. The maximum Gasteiger partial charge on any atom is 0.418 e. The van der Waals surface area contributed by atoms with Crippen LogP contribution in [-0.4, -0.2) is 26.1 Å². The van der Waals surface area contributed by atoms with Crippen LogP contribution >= 0.6 is 11.8 Å². The van der Waals surface area contributed by atoms with E-state index in [1.165, 1.54) is 30.0 Å². The fourth-order valence-electron chi connectivity index (χ4n) is 2.74. The van der Waals surface area contributed by atoms with E-state index in [4.69, 9.17) is 5.73 Å². The van der Waals surface area contributed by atoms with E-state index < -0.39 is 22.9 Å². The molecule has 0 bridgehead atoms. The van der Waals surface area contributed by atoms with Crippen LogP contribution in [0, 0.1) is 6.92 Å². The third-order valence-electron chi connectivity index (χ3n) is 4.41. The Morgan fingerprint density at radius 1 is 1.06 bits per heavy atom. The molecule has 0 aliphatic rings. The lowest BCUT2D eigenvalue weighted by atomic mass is 10.1. The number of thioether (sulfide) groups is 1. The molecular weight excluding hydrogens is 441 g/mol. The summed E-state index contributed by atoms with van der Waals surface area (Å²) in [6, 6.07) is 12.4. The van der Waals surface area contributed by atoms with Gasteiger partial charge in [-0.1, -0.05) is 30.3 Å².